The minimum Gasteiger partial charge on any atom is -0.321 e. The smallest absolute Gasteiger partial charge is 0.321 e. The van der Waals surface area contributed by atoms with Gasteiger partial charge < -0.3 is 9.42 Å². The highest BCUT2D eigenvalue weighted by molar-refractivity contribution is 7.61. The van der Waals surface area contributed by atoms with E-state index in [1.165, 1.54) is 12.1 Å². The fourth-order valence-corrected chi connectivity index (χ4v) is 1.85. The molecule has 0 aliphatic rings. The summed E-state index contributed by atoms with van der Waals surface area (Å²) < 4.78 is 28.4. The van der Waals surface area contributed by atoms with E-state index < -0.39 is 13.4 Å². The minimum absolute atomic E-state index is 0.0208. The quantitative estimate of drug-likeness (QED) is 0.744. The second kappa shape index (κ2) is 3.58. The first-order valence-electron chi connectivity index (χ1n) is 3.62. The van der Waals surface area contributed by atoms with Crippen LogP contribution in [-0.2, 0) is 9.09 Å². The number of rotatable bonds is 2. The normalized spacial score (nSPS) is 15.4. The summed E-state index contributed by atoms with van der Waals surface area (Å²) in [6.45, 7) is 1.64. The maximum Gasteiger partial charge on any atom is 0.358 e. The molecule has 0 fully saturated rings. The molecule has 72 valence electrons. The average molecular weight is 204 g/mol. The summed E-state index contributed by atoms with van der Waals surface area (Å²) in [7, 11) is -2.71. The monoisotopic (exact) mass is 204 g/mol. The van der Waals surface area contributed by atoms with Crippen molar-refractivity contribution in [2.75, 3.05) is 7.11 Å². The predicted molar refractivity (Wildman–Crippen MR) is 47.6 cm³/mol. The third kappa shape index (κ3) is 2.37. The zero-order valence-electron chi connectivity index (χ0n) is 7.32. The Kier molecular flexibility index (Phi) is 2.86. The second-order valence-electron chi connectivity index (χ2n) is 2.69. The summed E-state index contributed by atoms with van der Waals surface area (Å²) in [5, 5.41) is -0.0208. The van der Waals surface area contributed by atoms with E-state index in [0.29, 0.717) is 5.56 Å². The molecule has 1 rings (SSSR count). The maximum atomic E-state index is 12.8. The van der Waals surface area contributed by atoms with Gasteiger partial charge in [0.2, 0.25) is 0 Å². The van der Waals surface area contributed by atoms with Crippen LogP contribution < -0.4 is 5.30 Å². The third-order valence-electron chi connectivity index (χ3n) is 1.60. The van der Waals surface area contributed by atoms with E-state index in [9.17, 15) is 13.8 Å². The molecule has 0 spiro atoms. The van der Waals surface area contributed by atoms with Gasteiger partial charge in [0.15, 0.2) is 0 Å². The Morgan fingerprint density at radius 2 is 2.08 bits per heavy atom. The van der Waals surface area contributed by atoms with Crippen LogP contribution in [0, 0.1) is 12.7 Å². The molecule has 5 heteroatoms. The van der Waals surface area contributed by atoms with Crippen molar-refractivity contribution < 1.29 is 18.4 Å². The number of benzene rings is 1. The SMILES string of the molecule is COP(=O)(O)c1cc(C)cc(F)c1. The lowest BCUT2D eigenvalue weighted by atomic mass is 10.2. The largest absolute Gasteiger partial charge is 0.358 e. The molecule has 1 unspecified atom stereocenters. The lowest BCUT2D eigenvalue weighted by Gasteiger charge is -2.09. The number of aryl methyl sites for hydroxylation is 1. The first-order chi connectivity index (χ1) is 5.95. The van der Waals surface area contributed by atoms with E-state index in [0.717, 1.165) is 13.2 Å². The lowest BCUT2D eigenvalue weighted by molar-refractivity contribution is 0.328. The van der Waals surface area contributed by atoms with Crippen molar-refractivity contribution in [3.63, 3.8) is 0 Å². The highest BCUT2D eigenvalue weighted by Gasteiger charge is 2.21. The van der Waals surface area contributed by atoms with E-state index in [1.54, 1.807) is 6.92 Å². The van der Waals surface area contributed by atoms with Crippen LogP contribution in [0.5, 0.6) is 0 Å². The van der Waals surface area contributed by atoms with Gasteiger partial charge in [-0.05, 0) is 30.7 Å². The standard InChI is InChI=1S/C8H10FO3P/c1-6-3-7(9)5-8(4-6)13(10,11)12-2/h3-5H,1-2H3,(H,10,11). The first-order valence-corrected chi connectivity index (χ1v) is 5.20. The van der Waals surface area contributed by atoms with Gasteiger partial charge in [-0.15, -0.1) is 0 Å². The molecule has 0 aliphatic heterocycles. The van der Waals surface area contributed by atoms with Gasteiger partial charge in [-0.3, -0.25) is 4.57 Å². The molecule has 0 radical (unpaired) electrons. The minimum atomic E-state index is -3.82. The van der Waals surface area contributed by atoms with Crippen LogP contribution in [0.2, 0.25) is 0 Å². The van der Waals surface area contributed by atoms with Gasteiger partial charge in [0.05, 0.1) is 5.30 Å². The Labute approximate surface area is 75.7 Å². The molecule has 0 aliphatic carbocycles. The van der Waals surface area contributed by atoms with Crippen molar-refractivity contribution in [3.05, 3.63) is 29.6 Å². The Morgan fingerprint density at radius 3 is 2.54 bits per heavy atom. The predicted octanol–water partition coefficient (Wildman–Crippen LogP) is 1.59. The number of halogens is 1. The van der Waals surface area contributed by atoms with Crippen molar-refractivity contribution in [2.24, 2.45) is 0 Å². The van der Waals surface area contributed by atoms with Crippen LogP contribution in [0.25, 0.3) is 0 Å². The molecule has 13 heavy (non-hydrogen) atoms. The molecule has 3 nitrogen and oxygen atoms in total. The maximum absolute atomic E-state index is 12.8. The van der Waals surface area contributed by atoms with Gasteiger partial charge >= 0.3 is 7.60 Å². The van der Waals surface area contributed by atoms with Crippen molar-refractivity contribution >= 4 is 12.9 Å². The van der Waals surface area contributed by atoms with Crippen molar-refractivity contribution in [1.82, 2.24) is 0 Å². The summed E-state index contributed by atoms with van der Waals surface area (Å²) in [5.74, 6) is -0.540. The molecule has 0 saturated carbocycles. The third-order valence-corrected chi connectivity index (χ3v) is 3.01. The summed E-state index contributed by atoms with van der Waals surface area (Å²) >= 11 is 0. The Morgan fingerprint density at radius 1 is 1.46 bits per heavy atom. The topological polar surface area (TPSA) is 46.5 Å². The molecule has 0 saturated heterocycles. The van der Waals surface area contributed by atoms with Crippen LogP contribution in [0.1, 0.15) is 5.56 Å². The molecule has 0 amide bonds. The van der Waals surface area contributed by atoms with Gasteiger partial charge in [-0.25, -0.2) is 4.39 Å². The van der Waals surface area contributed by atoms with Crippen molar-refractivity contribution in [1.29, 1.82) is 0 Å². The van der Waals surface area contributed by atoms with Crippen LogP contribution >= 0.6 is 7.60 Å². The van der Waals surface area contributed by atoms with E-state index in [2.05, 4.69) is 4.52 Å². The molecule has 0 bridgehead atoms. The molecule has 0 aromatic heterocycles. The van der Waals surface area contributed by atoms with Crippen LogP contribution in [0.3, 0.4) is 0 Å². The van der Waals surface area contributed by atoms with E-state index in [1.807, 2.05) is 0 Å². The molecule has 1 N–H and O–H groups in total. The van der Waals surface area contributed by atoms with E-state index >= 15 is 0 Å². The Balaban J connectivity index is 3.23. The molecule has 1 atom stereocenters. The molecule has 1 aromatic carbocycles. The van der Waals surface area contributed by atoms with Gasteiger partial charge in [-0.1, -0.05) is 0 Å². The van der Waals surface area contributed by atoms with Gasteiger partial charge in [-0.2, -0.15) is 0 Å². The first kappa shape index (κ1) is 10.4. The van der Waals surface area contributed by atoms with Crippen molar-refractivity contribution in [2.45, 2.75) is 6.92 Å². The molecular weight excluding hydrogens is 194 g/mol. The van der Waals surface area contributed by atoms with Gasteiger partial charge in [0.25, 0.3) is 0 Å². The zero-order chi connectivity index (χ0) is 10.1. The molecule has 0 heterocycles. The van der Waals surface area contributed by atoms with Gasteiger partial charge in [0.1, 0.15) is 5.82 Å². The lowest BCUT2D eigenvalue weighted by Crippen LogP contribution is -2.07. The summed E-state index contributed by atoms with van der Waals surface area (Å²) in [6, 6.07) is 3.70. The fourth-order valence-electron chi connectivity index (χ4n) is 0.986. The molecular formula is C8H10FO3P. The molecule has 1 aromatic rings. The highest BCUT2D eigenvalue weighted by atomic mass is 31.2. The second-order valence-corrected chi connectivity index (χ2v) is 4.61. The van der Waals surface area contributed by atoms with E-state index in [-0.39, 0.29) is 5.30 Å². The van der Waals surface area contributed by atoms with Gasteiger partial charge in [0, 0.05) is 7.11 Å². The average Bonchev–Trinajstić information content (AvgIpc) is 2.02. The van der Waals surface area contributed by atoms with Crippen LogP contribution in [0.15, 0.2) is 18.2 Å². The van der Waals surface area contributed by atoms with Crippen LogP contribution in [-0.4, -0.2) is 12.0 Å². The summed E-state index contributed by atoms with van der Waals surface area (Å²) in [6.07, 6.45) is 0. The Hall–Kier alpha value is -0.700. The number of hydrogen-bond acceptors (Lipinski definition) is 2. The van der Waals surface area contributed by atoms with Crippen LogP contribution in [0.4, 0.5) is 4.39 Å². The zero-order valence-corrected chi connectivity index (χ0v) is 8.22. The Bertz CT molecular complexity index is 344. The van der Waals surface area contributed by atoms with Crippen molar-refractivity contribution in [3.8, 4) is 0 Å². The highest BCUT2D eigenvalue weighted by Crippen LogP contribution is 2.39. The van der Waals surface area contributed by atoms with E-state index in [4.69, 9.17) is 0 Å². The summed E-state index contributed by atoms with van der Waals surface area (Å²) in [5.41, 5.74) is 0.585. The number of hydrogen-bond donors (Lipinski definition) is 1. The summed E-state index contributed by atoms with van der Waals surface area (Å²) in [4.78, 5) is 9.21. The fraction of sp³-hybridized carbons (Fsp3) is 0.250.